The van der Waals surface area contributed by atoms with Crippen molar-refractivity contribution in [2.24, 2.45) is 0 Å². The minimum atomic E-state index is -1.51. The maximum absolute atomic E-state index is 13.0. The summed E-state index contributed by atoms with van der Waals surface area (Å²) in [5.74, 6) is -4.07. The molecule has 2 rings (SSSR count). The quantitative estimate of drug-likeness (QED) is 0.846. The van der Waals surface area contributed by atoms with Crippen LogP contribution in [0.4, 0.5) is 13.2 Å². The summed E-state index contributed by atoms with van der Waals surface area (Å²) in [6, 6.07) is 1.67. The predicted molar refractivity (Wildman–Crippen MR) is 56.6 cm³/mol. The van der Waals surface area contributed by atoms with Crippen molar-refractivity contribution in [3.05, 3.63) is 41.5 Å². The van der Waals surface area contributed by atoms with Gasteiger partial charge in [0.1, 0.15) is 0 Å². The molecule has 0 spiro atoms. The third-order valence-electron chi connectivity index (χ3n) is 2.36. The number of hydrogen-bond donors (Lipinski definition) is 1. The number of aromatic nitrogens is 3. The second-order valence-electron chi connectivity index (χ2n) is 3.71. The third-order valence-corrected chi connectivity index (χ3v) is 2.36. The Hall–Kier alpha value is -1.89. The van der Waals surface area contributed by atoms with E-state index in [9.17, 15) is 13.2 Å². The maximum Gasteiger partial charge on any atom is 0.194 e. The summed E-state index contributed by atoms with van der Waals surface area (Å²) in [4.78, 5) is 0. The highest BCUT2D eigenvalue weighted by molar-refractivity contribution is 5.32. The number of halogens is 3. The molecule has 0 bridgehead atoms. The zero-order valence-electron chi connectivity index (χ0n) is 9.28. The molecule has 1 aromatic heterocycles. The first-order valence-corrected chi connectivity index (χ1v) is 5.29. The Labute approximate surface area is 101 Å². The van der Waals surface area contributed by atoms with Crippen molar-refractivity contribution >= 4 is 0 Å². The van der Waals surface area contributed by atoms with Crippen molar-refractivity contribution in [3.63, 3.8) is 0 Å². The second kappa shape index (κ2) is 5.18. The minimum absolute atomic E-state index is 0.0205. The zero-order valence-corrected chi connectivity index (χ0v) is 9.28. The largest absolute Gasteiger partial charge is 0.396 e. The van der Waals surface area contributed by atoms with Crippen LogP contribution in [0.2, 0.25) is 0 Å². The smallest absolute Gasteiger partial charge is 0.194 e. The van der Waals surface area contributed by atoms with Crippen LogP contribution in [0.1, 0.15) is 12.1 Å². The molecule has 0 saturated carbocycles. The Kier molecular flexibility index (Phi) is 3.61. The Balaban J connectivity index is 2.28. The monoisotopic (exact) mass is 257 g/mol. The van der Waals surface area contributed by atoms with Gasteiger partial charge in [-0.1, -0.05) is 5.21 Å². The van der Waals surface area contributed by atoms with Gasteiger partial charge in [-0.25, -0.2) is 17.9 Å². The lowest BCUT2D eigenvalue weighted by Gasteiger charge is -2.01. The summed E-state index contributed by atoms with van der Waals surface area (Å²) in [7, 11) is 0. The third kappa shape index (κ3) is 2.51. The molecule has 0 aliphatic heterocycles. The van der Waals surface area contributed by atoms with Gasteiger partial charge in [0.15, 0.2) is 17.5 Å². The SMILES string of the molecule is OCCCc1cn(-c2cc(F)c(F)c(F)c2)nn1. The van der Waals surface area contributed by atoms with Gasteiger partial charge < -0.3 is 5.11 Å². The minimum Gasteiger partial charge on any atom is -0.396 e. The van der Waals surface area contributed by atoms with E-state index in [1.165, 1.54) is 6.20 Å². The highest BCUT2D eigenvalue weighted by atomic mass is 19.2. The van der Waals surface area contributed by atoms with Crippen molar-refractivity contribution < 1.29 is 18.3 Å². The van der Waals surface area contributed by atoms with E-state index in [1.54, 1.807) is 0 Å². The maximum atomic E-state index is 13.0. The topological polar surface area (TPSA) is 50.9 Å². The fourth-order valence-electron chi connectivity index (χ4n) is 1.47. The number of benzene rings is 1. The summed E-state index contributed by atoms with van der Waals surface area (Å²) < 4.78 is 40.0. The van der Waals surface area contributed by atoms with Gasteiger partial charge in [-0.3, -0.25) is 0 Å². The molecular weight excluding hydrogens is 247 g/mol. The van der Waals surface area contributed by atoms with Gasteiger partial charge >= 0.3 is 0 Å². The van der Waals surface area contributed by atoms with E-state index < -0.39 is 17.5 Å². The molecule has 0 unspecified atom stereocenters. The van der Waals surface area contributed by atoms with Gasteiger partial charge in [0.25, 0.3) is 0 Å². The van der Waals surface area contributed by atoms with Gasteiger partial charge in [-0.15, -0.1) is 5.10 Å². The summed E-state index contributed by atoms with van der Waals surface area (Å²) in [6.07, 6.45) is 2.50. The van der Waals surface area contributed by atoms with Crippen LogP contribution in [0.3, 0.4) is 0 Å². The molecule has 2 aromatic rings. The van der Waals surface area contributed by atoms with E-state index in [1.807, 2.05) is 0 Å². The average molecular weight is 257 g/mol. The molecule has 0 aliphatic carbocycles. The molecular formula is C11H10F3N3O. The number of nitrogens with zero attached hydrogens (tertiary/aromatic N) is 3. The summed E-state index contributed by atoms with van der Waals surface area (Å²) in [5, 5.41) is 16.1. The van der Waals surface area contributed by atoms with Crippen LogP contribution in [0.5, 0.6) is 0 Å². The average Bonchev–Trinajstić information content (AvgIpc) is 2.81. The molecule has 1 heterocycles. The van der Waals surface area contributed by atoms with Crippen molar-refractivity contribution in [3.8, 4) is 5.69 Å². The molecule has 0 atom stereocenters. The van der Waals surface area contributed by atoms with E-state index in [0.717, 1.165) is 16.8 Å². The number of hydrogen-bond acceptors (Lipinski definition) is 3. The van der Waals surface area contributed by atoms with Crippen molar-refractivity contribution in [2.75, 3.05) is 6.61 Å². The van der Waals surface area contributed by atoms with Crippen LogP contribution in [0, 0.1) is 17.5 Å². The molecule has 0 fully saturated rings. The van der Waals surface area contributed by atoms with E-state index in [0.29, 0.717) is 18.5 Å². The van der Waals surface area contributed by atoms with Crippen LogP contribution in [-0.4, -0.2) is 26.7 Å². The van der Waals surface area contributed by atoms with Crippen molar-refractivity contribution in [1.29, 1.82) is 0 Å². The van der Waals surface area contributed by atoms with Crippen LogP contribution >= 0.6 is 0 Å². The fourth-order valence-corrected chi connectivity index (χ4v) is 1.47. The van der Waals surface area contributed by atoms with Gasteiger partial charge in [0.2, 0.25) is 0 Å². The van der Waals surface area contributed by atoms with E-state index in [-0.39, 0.29) is 12.3 Å². The van der Waals surface area contributed by atoms with Gasteiger partial charge in [0.05, 0.1) is 17.6 Å². The Bertz CT molecular complexity index is 533. The lowest BCUT2D eigenvalue weighted by molar-refractivity contribution is 0.288. The summed E-state index contributed by atoms with van der Waals surface area (Å²) in [6.45, 7) is 0.0205. The molecule has 0 radical (unpaired) electrons. The molecule has 18 heavy (non-hydrogen) atoms. The second-order valence-corrected chi connectivity index (χ2v) is 3.71. The first kappa shape index (κ1) is 12.6. The van der Waals surface area contributed by atoms with E-state index >= 15 is 0 Å². The lowest BCUT2D eigenvalue weighted by atomic mass is 10.2. The number of aliphatic hydroxyl groups is 1. The number of aliphatic hydroxyl groups excluding tert-OH is 1. The molecule has 0 amide bonds. The fraction of sp³-hybridized carbons (Fsp3) is 0.273. The van der Waals surface area contributed by atoms with Crippen LogP contribution in [0.15, 0.2) is 18.3 Å². The standard InChI is InChI=1S/C11H10F3N3O/c12-9-4-8(5-10(13)11(9)14)17-6-7(15-16-17)2-1-3-18/h4-6,18H,1-3H2. The molecule has 0 aliphatic rings. The van der Waals surface area contributed by atoms with Crippen LogP contribution in [0.25, 0.3) is 5.69 Å². The molecule has 1 N–H and O–H groups in total. The van der Waals surface area contributed by atoms with Crippen molar-refractivity contribution in [1.82, 2.24) is 15.0 Å². The molecule has 96 valence electrons. The van der Waals surface area contributed by atoms with Gasteiger partial charge in [-0.2, -0.15) is 0 Å². The number of rotatable bonds is 4. The number of aryl methyl sites for hydroxylation is 1. The zero-order chi connectivity index (χ0) is 13.1. The van der Waals surface area contributed by atoms with Gasteiger partial charge in [-0.05, 0) is 12.8 Å². The Morgan fingerprint density at radius 3 is 2.44 bits per heavy atom. The normalized spacial score (nSPS) is 10.9. The van der Waals surface area contributed by atoms with Crippen molar-refractivity contribution in [2.45, 2.75) is 12.8 Å². The van der Waals surface area contributed by atoms with Crippen LogP contribution < -0.4 is 0 Å². The molecule has 0 saturated heterocycles. The highest BCUT2D eigenvalue weighted by Gasteiger charge is 2.12. The Morgan fingerprint density at radius 2 is 1.83 bits per heavy atom. The molecule has 7 heteroatoms. The molecule has 1 aromatic carbocycles. The Morgan fingerprint density at radius 1 is 1.17 bits per heavy atom. The van der Waals surface area contributed by atoms with E-state index in [2.05, 4.69) is 10.3 Å². The first-order valence-electron chi connectivity index (χ1n) is 5.29. The highest BCUT2D eigenvalue weighted by Crippen LogP contribution is 2.16. The first-order chi connectivity index (χ1) is 8.61. The summed E-state index contributed by atoms with van der Waals surface area (Å²) >= 11 is 0. The summed E-state index contributed by atoms with van der Waals surface area (Å²) in [5.41, 5.74) is 0.628. The van der Waals surface area contributed by atoms with E-state index in [4.69, 9.17) is 5.11 Å². The predicted octanol–water partition coefficient (Wildman–Crippen LogP) is 1.61. The van der Waals surface area contributed by atoms with Gasteiger partial charge in [0, 0.05) is 18.7 Å². The van der Waals surface area contributed by atoms with Crippen LogP contribution in [-0.2, 0) is 6.42 Å². The molecule has 4 nitrogen and oxygen atoms in total. The lowest BCUT2D eigenvalue weighted by Crippen LogP contribution is -1.99.